The molecule has 3 aromatic rings. The summed E-state index contributed by atoms with van der Waals surface area (Å²) in [6.07, 6.45) is 4.33. The van der Waals surface area contributed by atoms with Crippen LogP contribution in [0.4, 0.5) is 4.79 Å². The van der Waals surface area contributed by atoms with Gasteiger partial charge in [0.25, 0.3) is 0 Å². The predicted octanol–water partition coefficient (Wildman–Crippen LogP) is 2.45. The third-order valence-corrected chi connectivity index (χ3v) is 5.84. The van der Waals surface area contributed by atoms with E-state index in [4.69, 9.17) is 11.6 Å². The van der Waals surface area contributed by atoms with Crippen molar-refractivity contribution < 1.29 is 9.59 Å². The van der Waals surface area contributed by atoms with Crippen LogP contribution in [0.25, 0.3) is 5.65 Å². The average Bonchev–Trinajstić information content (AvgIpc) is 3.36. The molecule has 2 fully saturated rings. The molecule has 5 rings (SSSR count). The number of carbonyl (C=O) groups excluding carboxylic acids is 2. The number of imide groups is 1. The fourth-order valence-electron chi connectivity index (χ4n) is 3.94. The summed E-state index contributed by atoms with van der Waals surface area (Å²) in [5.74, 6) is -0.475. The van der Waals surface area contributed by atoms with Crippen LogP contribution in [0.3, 0.4) is 0 Å². The average molecular weight is 407 g/mol. The zero-order valence-electron chi connectivity index (χ0n) is 15.1. The molecule has 3 heterocycles. The maximum atomic E-state index is 12.3. The van der Waals surface area contributed by atoms with Crippen molar-refractivity contribution >= 4 is 29.2 Å². The van der Waals surface area contributed by atoms with Crippen LogP contribution in [0, 0.1) is 11.3 Å². The van der Waals surface area contributed by atoms with Gasteiger partial charge in [0.2, 0.25) is 5.91 Å². The molecule has 29 heavy (non-hydrogen) atoms. The van der Waals surface area contributed by atoms with E-state index in [9.17, 15) is 14.9 Å². The van der Waals surface area contributed by atoms with E-state index in [1.54, 1.807) is 23.0 Å². The van der Waals surface area contributed by atoms with Gasteiger partial charge in [-0.2, -0.15) is 10.4 Å². The quantitative estimate of drug-likeness (QED) is 0.693. The number of urea groups is 1. The van der Waals surface area contributed by atoms with E-state index in [0.717, 1.165) is 23.2 Å². The Labute approximate surface area is 170 Å². The van der Waals surface area contributed by atoms with Gasteiger partial charge in [0.1, 0.15) is 6.07 Å². The monoisotopic (exact) mass is 406 g/mol. The number of halogens is 1. The van der Waals surface area contributed by atoms with Crippen LogP contribution in [-0.2, 0) is 4.79 Å². The number of nitrogens with one attached hydrogen (secondary N) is 2. The van der Waals surface area contributed by atoms with Crippen molar-refractivity contribution in [3.05, 3.63) is 64.1 Å². The molecule has 0 bridgehead atoms. The molecule has 9 heteroatoms. The van der Waals surface area contributed by atoms with E-state index in [1.807, 2.05) is 18.2 Å². The highest BCUT2D eigenvalue weighted by molar-refractivity contribution is 6.31. The van der Waals surface area contributed by atoms with Crippen molar-refractivity contribution in [3.8, 4) is 6.07 Å². The number of fused-ring (bicyclic) bond motifs is 1. The zero-order chi connectivity index (χ0) is 20.1. The van der Waals surface area contributed by atoms with Gasteiger partial charge >= 0.3 is 6.03 Å². The van der Waals surface area contributed by atoms with Gasteiger partial charge in [-0.05, 0) is 42.0 Å². The van der Waals surface area contributed by atoms with Gasteiger partial charge in [-0.25, -0.2) is 14.3 Å². The van der Waals surface area contributed by atoms with Crippen LogP contribution in [0.5, 0.6) is 0 Å². The number of nitriles is 1. The molecular formula is C20H15ClN6O2. The van der Waals surface area contributed by atoms with Crippen LogP contribution >= 0.6 is 11.6 Å². The molecule has 0 spiro atoms. The lowest BCUT2D eigenvalue weighted by atomic mass is 9.98. The van der Waals surface area contributed by atoms with Crippen molar-refractivity contribution in [1.29, 1.82) is 5.26 Å². The van der Waals surface area contributed by atoms with Crippen LogP contribution in [-0.4, -0.2) is 33.1 Å². The molecule has 2 aromatic heterocycles. The van der Waals surface area contributed by atoms with E-state index in [-0.39, 0.29) is 24.3 Å². The Hall–Kier alpha value is -3.44. The standard InChI is InChI=1S/C20H15ClN6O2/c21-16-2-1-10(5-11(16)8-22)12-6-13(12)14-7-17(26-27-4-3-23-18(14)27)15-9-24-20(29)25-19(15)28/h1-5,7,12-13,15H,6,9H2,(H2,24,25,28,29)/t12-,13+,15?/m1/s1. The Morgan fingerprint density at radius 2 is 2.10 bits per heavy atom. The second-order valence-corrected chi connectivity index (χ2v) is 7.68. The number of benzene rings is 1. The topological polar surface area (TPSA) is 112 Å². The Bertz CT molecular complexity index is 1210. The molecule has 144 valence electrons. The van der Waals surface area contributed by atoms with Gasteiger partial charge in [0, 0.05) is 24.5 Å². The number of imidazole rings is 1. The molecular weight excluding hydrogens is 392 g/mol. The molecule has 0 radical (unpaired) electrons. The molecule has 1 unspecified atom stereocenters. The van der Waals surface area contributed by atoms with Crippen molar-refractivity contribution in [3.63, 3.8) is 0 Å². The van der Waals surface area contributed by atoms with Crippen molar-refractivity contribution in [2.45, 2.75) is 24.2 Å². The first-order chi connectivity index (χ1) is 14.0. The van der Waals surface area contributed by atoms with Gasteiger partial charge in [-0.15, -0.1) is 0 Å². The minimum absolute atomic E-state index is 0.202. The van der Waals surface area contributed by atoms with Crippen molar-refractivity contribution in [2.75, 3.05) is 6.54 Å². The van der Waals surface area contributed by atoms with E-state index in [1.165, 1.54) is 0 Å². The molecule has 1 saturated carbocycles. The summed E-state index contributed by atoms with van der Waals surface area (Å²) in [7, 11) is 0. The molecule has 3 atom stereocenters. The number of hydrogen-bond acceptors (Lipinski definition) is 5. The normalized spacial score (nSPS) is 23.4. The van der Waals surface area contributed by atoms with Crippen molar-refractivity contribution in [2.24, 2.45) is 0 Å². The Balaban J connectivity index is 1.51. The fraction of sp³-hybridized carbons (Fsp3) is 0.250. The Kier molecular flexibility index (Phi) is 4.00. The number of carbonyl (C=O) groups is 2. The molecule has 2 N–H and O–H groups in total. The van der Waals surface area contributed by atoms with Crippen LogP contribution in [0.15, 0.2) is 36.7 Å². The van der Waals surface area contributed by atoms with Gasteiger partial charge in [0.05, 0.1) is 22.2 Å². The molecule has 3 amide bonds. The van der Waals surface area contributed by atoms with Crippen LogP contribution < -0.4 is 10.6 Å². The molecule has 1 aliphatic heterocycles. The van der Waals surface area contributed by atoms with Crippen LogP contribution in [0.2, 0.25) is 5.02 Å². The van der Waals surface area contributed by atoms with E-state index in [2.05, 4.69) is 26.8 Å². The lowest BCUT2D eigenvalue weighted by molar-refractivity contribution is -0.122. The Morgan fingerprint density at radius 3 is 2.90 bits per heavy atom. The number of aromatic nitrogens is 3. The SMILES string of the molecule is N#Cc1cc([C@H]2C[C@@H]2c2cc(C3CNC(=O)NC3=O)nn3ccnc23)ccc1Cl. The van der Waals surface area contributed by atoms with Gasteiger partial charge in [0.15, 0.2) is 5.65 Å². The molecule has 1 saturated heterocycles. The lowest BCUT2D eigenvalue weighted by Gasteiger charge is -2.22. The third-order valence-electron chi connectivity index (χ3n) is 5.51. The zero-order valence-corrected chi connectivity index (χ0v) is 15.8. The second kappa shape index (κ2) is 6.57. The Morgan fingerprint density at radius 1 is 1.24 bits per heavy atom. The second-order valence-electron chi connectivity index (χ2n) is 7.27. The first kappa shape index (κ1) is 17.6. The fourth-order valence-corrected chi connectivity index (χ4v) is 4.10. The summed E-state index contributed by atoms with van der Waals surface area (Å²) in [4.78, 5) is 28.1. The summed E-state index contributed by atoms with van der Waals surface area (Å²) in [6.45, 7) is 0.202. The summed E-state index contributed by atoms with van der Waals surface area (Å²) >= 11 is 6.06. The highest BCUT2D eigenvalue weighted by Gasteiger charge is 2.42. The molecule has 2 aliphatic rings. The van der Waals surface area contributed by atoms with Crippen molar-refractivity contribution in [1.82, 2.24) is 25.2 Å². The summed E-state index contributed by atoms with van der Waals surface area (Å²) in [6, 6.07) is 9.08. The number of nitrogens with zero attached hydrogens (tertiary/aromatic N) is 4. The van der Waals surface area contributed by atoms with Gasteiger partial charge in [-0.1, -0.05) is 17.7 Å². The first-order valence-electron chi connectivity index (χ1n) is 9.17. The minimum atomic E-state index is -0.559. The first-order valence-corrected chi connectivity index (χ1v) is 9.55. The van der Waals surface area contributed by atoms with Gasteiger partial charge in [-0.3, -0.25) is 10.1 Å². The molecule has 8 nitrogen and oxygen atoms in total. The highest BCUT2D eigenvalue weighted by Crippen LogP contribution is 2.55. The van der Waals surface area contributed by atoms with Gasteiger partial charge < -0.3 is 5.32 Å². The lowest BCUT2D eigenvalue weighted by Crippen LogP contribution is -2.51. The highest BCUT2D eigenvalue weighted by atomic mass is 35.5. The van der Waals surface area contributed by atoms with Crippen LogP contribution in [0.1, 0.15) is 46.6 Å². The van der Waals surface area contributed by atoms with E-state index < -0.39 is 11.9 Å². The van der Waals surface area contributed by atoms with E-state index in [0.29, 0.717) is 16.3 Å². The number of rotatable bonds is 3. The largest absolute Gasteiger partial charge is 0.337 e. The summed E-state index contributed by atoms with van der Waals surface area (Å²) in [5.41, 5.74) is 3.86. The third kappa shape index (κ3) is 3.00. The smallest absolute Gasteiger partial charge is 0.321 e. The summed E-state index contributed by atoms with van der Waals surface area (Å²) in [5, 5.41) is 19.1. The molecule has 1 aromatic carbocycles. The minimum Gasteiger partial charge on any atom is -0.337 e. The van der Waals surface area contributed by atoms with E-state index >= 15 is 0 Å². The summed E-state index contributed by atoms with van der Waals surface area (Å²) < 4.78 is 1.67. The number of amides is 3. The molecule has 1 aliphatic carbocycles. The maximum absolute atomic E-state index is 12.3. The maximum Gasteiger partial charge on any atom is 0.321 e. The number of hydrogen-bond donors (Lipinski definition) is 2. The predicted molar refractivity (Wildman–Crippen MR) is 104 cm³/mol.